The van der Waals surface area contributed by atoms with Gasteiger partial charge in [0.05, 0.1) is 0 Å². The molecule has 88 valence electrons. The van der Waals surface area contributed by atoms with Crippen molar-refractivity contribution in [3.05, 3.63) is 12.3 Å². The molecule has 0 unspecified atom stereocenters. The highest BCUT2D eigenvalue weighted by atomic mass is 16.1. The second-order valence-electron chi connectivity index (χ2n) is 4.84. The van der Waals surface area contributed by atoms with Gasteiger partial charge in [-0.15, -0.1) is 0 Å². The number of amidine groups is 1. The summed E-state index contributed by atoms with van der Waals surface area (Å²) >= 11 is 0. The lowest BCUT2D eigenvalue weighted by Crippen LogP contribution is -2.72. The monoisotopic (exact) mass is 221 g/mol. The number of amides is 1. The van der Waals surface area contributed by atoms with Gasteiger partial charge in [-0.25, -0.2) is 4.99 Å². The highest BCUT2D eigenvalue weighted by Crippen LogP contribution is 2.38. The molecule has 0 N–H and O–H groups in total. The van der Waals surface area contributed by atoms with E-state index in [4.69, 9.17) is 0 Å². The van der Waals surface area contributed by atoms with Crippen molar-refractivity contribution in [2.75, 3.05) is 26.2 Å². The summed E-state index contributed by atoms with van der Waals surface area (Å²) in [5.74, 6) is 1.08. The summed E-state index contributed by atoms with van der Waals surface area (Å²) in [5, 5.41) is 0. The van der Waals surface area contributed by atoms with Gasteiger partial charge >= 0.3 is 0 Å². The fourth-order valence-corrected chi connectivity index (χ4v) is 2.43. The van der Waals surface area contributed by atoms with E-state index < -0.39 is 0 Å². The van der Waals surface area contributed by atoms with E-state index in [1.807, 2.05) is 18.0 Å². The Kier molecular flexibility index (Phi) is 2.99. The Morgan fingerprint density at radius 3 is 2.62 bits per heavy atom. The summed E-state index contributed by atoms with van der Waals surface area (Å²) in [7, 11) is 0. The smallest absolute Gasteiger partial charge is 0.209 e. The normalized spacial score (nSPS) is 23.5. The van der Waals surface area contributed by atoms with E-state index in [2.05, 4.69) is 22.9 Å². The van der Waals surface area contributed by atoms with Crippen LogP contribution in [0.5, 0.6) is 0 Å². The molecule has 4 heteroatoms. The third-order valence-electron chi connectivity index (χ3n) is 3.34. The van der Waals surface area contributed by atoms with E-state index in [1.54, 1.807) is 0 Å². The number of aliphatic imine (C=N–C) groups is 1. The summed E-state index contributed by atoms with van der Waals surface area (Å²) in [6, 6.07) is 0. The fourth-order valence-electron chi connectivity index (χ4n) is 2.43. The molecule has 16 heavy (non-hydrogen) atoms. The predicted molar refractivity (Wildman–Crippen MR) is 64.2 cm³/mol. The van der Waals surface area contributed by atoms with Crippen LogP contribution in [0.15, 0.2) is 17.3 Å². The molecule has 0 aromatic heterocycles. The van der Waals surface area contributed by atoms with Crippen LogP contribution in [0.4, 0.5) is 0 Å². The lowest BCUT2D eigenvalue weighted by molar-refractivity contribution is -0.139. The first-order chi connectivity index (χ1) is 7.69. The number of carbonyl (C=O) groups is 1. The molecule has 0 aromatic rings. The van der Waals surface area contributed by atoms with Gasteiger partial charge in [0.1, 0.15) is 5.84 Å². The number of allylic oxidation sites excluding steroid dienone is 1. The van der Waals surface area contributed by atoms with E-state index in [-0.39, 0.29) is 0 Å². The Morgan fingerprint density at radius 2 is 2.06 bits per heavy atom. The molecule has 0 aromatic carbocycles. The van der Waals surface area contributed by atoms with Crippen LogP contribution in [0, 0.1) is 5.41 Å². The molecule has 2 heterocycles. The largest absolute Gasteiger partial charge is 0.359 e. The van der Waals surface area contributed by atoms with Crippen LogP contribution in [0.1, 0.15) is 20.3 Å². The van der Waals surface area contributed by atoms with Crippen molar-refractivity contribution >= 4 is 12.2 Å². The predicted octanol–water partition coefficient (Wildman–Crippen LogP) is 1.10. The highest BCUT2D eigenvalue weighted by Gasteiger charge is 2.51. The van der Waals surface area contributed by atoms with Gasteiger partial charge in [0.2, 0.25) is 6.41 Å². The van der Waals surface area contributed by atoms with Crippen LogP contribution in [-0.2, 0) is 4.79 Å². The first-order valence-electron chi connectivity index (χ1n) is 5.83. The molecule has 1 amide bonds. The third-order valence-corrected chi connectivity index (χ3v) is 3.34. The standard InChI is InChI=1S/C12H19N3O/c1-3-4-5-13-11(2)15-8-12(9-15)6-14(7-12)10-16/h4-5,10H,3,6-9H2,1-2H3/b5-4-,13-11?. The summed E-state index contributed by atoms with van der Waals surface area (Å²) in [5.41, 5.74) is 0.381. The zero-order chi connectivity index (χ0) is 11.6. The first kappa shape index (κ1) is 11.2. The molecule has 1 spiro atoms. The van der Waals surface area contributed by atoms with E-state index >= 15 is 0 Å². The van der Waals surface area contributed by atoms with Crippen molar-refractivity contribution in [2.24, 2.45) is 10.4 Å². The molecule has 0 aliphatic carbocycles. The number of carbonyl (C=O) groups excluding carboxylic acids is 1. The van der Waals surface area contributed by atoms with Gasteiger partial charge in [0.25, 0.3) is 0 Å². The number of hydrogen-bond donors (Lipinski definition) is 0. The van der Waals surface area contributed by atoms with Gasteiger partial charge in [-0.1, -0.05) is 13.0 Å². The molecule has 2 aliphatic heterocycles. The van der Waals surface area contributed by atoms with E-state index in [1.165, 1.54) is 0 Å². The van der Waals surface area contributed by atoms with E-state index in [0.717, 1.165) is 44.8 Å². The van der Waals surface area contributed by atoms with Gasteiger partial charge in [0.15, 0.2) is 0 Å². The number of likely N-dealkylation sites (tertiary alicyclic amines) is 2. The van der Waals surface area contributed by atoms with Crippen molar-refractivity contribution in [1.29, 1.82) is 0 Å². The summed E-state index contributed by atoms with van der Waals surface area (Å²) in [6.07, 6.45) is 5.89. The molecule has 0 bridgehead atoms. The Balaban J connectivity index is 1.78. The molecule has 2 saturated heterocycles. The molecule has 4 nitrogen and oxygen atoms in total. The van der Waals surface area contributed by atoms with Crippen LogP contribution in [0.2, 0.25) is 0 Å². The maximum atomic E-state index is 10.5. The van der Waals surface area contributed by atoms with Crippen LogP contribution in [0.25, 0.3) is 0 Å². The minimum absolute atomic E-state index is 0.381. The van der Waals surface area contributed by atoms with Gasteiger partial charge in [-0.2, -0.15) is 0 Å². The first-order valence-corrected chi connectivity index (χ1v) is 5.83. The van der Waals surface area contributed by atoms with Gasteiger partial charge < -0.3 is 9.80 Å². The molecular formula is C12H19N3O. The Labute approximate surface area is 96.6 Å². The molecule has 2 rings (SSSR count). The molecule has 2 fully saturated rings. The molecule has 0 saturated carbocycles. The molecule has 2 aliphatic rings. The number of hydrogen-bond acceptors (Lipinski definition) is 2. The zero-order valence-electron chi connectivity index (χ0n) is 10.0. The van der Waals surface area contributed by atoms with Crippen molar-refractivity contribution in [3.63, 3.8) is 0 Å². The minimum atomic E-state index is 0.381. The highest BCUT2D eigenvalue weighted by molar-refractivity contribution is 5.81. The van der Waals surface area contributed by atoms with Crippen molar-refractivity contribution in [1.82, 2.24) is 9.80 Å². The minimum Gasteiger partial charge on any atom is -0.359 e. The molecular weight excluding hydrogens is 202 g/mol. The average molecular weight is 221 g/mol. The van der Waals surface area contributed by atoms with Gasteiger partial charge in [0, 0.05) is 37.8 Å². The maximum Gasteiger partial charge on any atom is 0.209 e. The quantitative estimate of drug-likeness (QED) is 0.406. The number of nitrogens with zero attached hydrogens (tertiary/aromatic N) is 3. The van der Waals surface area contributed by atoms with E-state index in [9.17, 15) is 4.79 Å². The van der Waals surface area contributed by atoms with Crippen LogP contribution in [0.3, 0.4) is 0 Å². The SMILES string of the molecule is CC/C=C\N=C(C)N1CC2(CN(C=O)C2)C1. The number of rotatable bonds is 3. The summed E-state index contributed by atoms with van der Waals surface area (Å²) in [4.78, 5) is 19.0. The second-order valence-corrected chi connectivity index (χ2v) is 4.84. The zero-order valence-corrected chi connectivity index (χ0v) is 10.0. The van der Waals surface area contributed by atoms with E-state index in [0.29, 0.717) is 5.41 Å². The van der Waals surface area contributed by atoms with Crippen molar-refractivity contribution < 1.29 is 4.79 Å². The molecule has 0 atom stereocenters. The van der Waals surface area contributed by atoms with Crippen LogP contribution in [-0.4, -0.2) is 48.2 Å². The van der Waals surface area contributed by atoms with Crippen LogP contribution >= 0.6 is 0 Å². The van der Waals surface area contributed by atoms with Gasteiger partial charge in [-0.3, -0.25) is 4.79 Å². The van der Waals surface area contributed by atoms with Crippen molar-refractivity contribution in [2.45, 2.75) is 20.3 Å². The third kappa shape index (κ3) is 1.96. The Morgan fingerprint density at radius 1 is 1.38 bits per heavy atom. The second kappa shape index (κ2) is 4.28. The van der Waals surface area contributed by atoms with Crippen LogP contribution < -0.4 is 0 Å². The summed E-state index contributed by atoms with van der Waals surface area (Å²) in [6.45, 7) is 8.08. The maximum absolute atomic E-state index is 10.5. The van der Waals surface area contributed by atoms with Gasteiger partial charge in [-0.05, 0) is 13.3 Å². The average Bonchev–Trinajstić information content (AvgIpc) is 2.14. The Bertz CT molecular complexity index is 321. The molecule has 0 radical (unpaired) electrons. The lowest BCUT2D eigenvalue weighted by atomic mass is 9.73. The summed E-state index contributed by atoms with van der Waals surface area (Å²) < 4.78 is 0. The fraction of sp³-hybridized carbons (Fsp3) is 0.667. The van der Waals surface area contributed by atoms with Crippen molar-refractivity contribution in [3.8, 4) is 0 Å². The topological polar surface area (TPSA) is 35.9 Å². The Hall–Kier alpha value is -1.32. The lowest BCUT2D eigenvalue weighted by Gasteiger charge is -2.59.